The largest absolute Gasteiger partial charge is 0.222 e. The van der Waals surface area contributed by atoms with E-state index in [0.717, 1.165) is 16.9 Å². The molecular weight excluding hydrogens is 194 g/mol. The summed E-state index contributed by atoms with van der Waals surface area (Å²) in [6, 6.07) is 0. The minimum Gasteiger partial charge on any atom is -0.222 e. The molecule has 0 amide bonds. The maximum absolute atomic E-state index is 5.23. The lowest BCUT2D eigenvalue weighted by Gasteiger charge is -2.08. The van der Waals surface area contributed by atoms with E-state index in [9.17, 15) is 0 Å². The van der Waals surface area contributed by atoms with Crippen LogP contribution in [0.5, 0.6) is 0 Å². The van der Waals surface area contributed by atoms with Crippen molar-refractivity contribution in [3.8, 4) is 0 Å². The van der Waals surface area contributed by atoms with E-state index in [2.05, 4.69) is 15.0 Å². The fourth-order valence-corrected chi connectivity index (χ4v) is 1.50. The summed E-state index contributed by atoms with van der Waals surface area (Å²) < 4.78 is 0. The molecule has 1 aromatic rings. The van der Waals surface area contributed by atoms with E-state index in [1.54, 1.807) is 0 Å². The molecule has 1 aliphatic rings. The van der Waals surface area contributed by atoms with E-state index in [-0.39, 0.29) is 0 Å². The Morgan fingerprint density at radius 3 is 2.93 bits per heavy atom. The minimum absolute atomic E-state index is 0.673. The zero-order valence-electron chi connectivity index (χ0n) is 7.77. The van der Waals surface area contributed by atoms with Gasteiger partial charge >= 0.3 is 0 Å². The van der Waals surface area contributed by atoms with Crippen LogP contribution in [0.1, 0.15) is 18.1 Å². The molecule has 0 unspecified atom stereocenters. The maximum Gasteiger partial charge on any atom is 0.164 e. The third-order valence-electron chi connectivity index (χ3n) is 1.94. The van der Waals surface area contributed by atoms with Crippen LogP contribution >= 0.6 is 12.2 Å². The Hall–Kier alpha value is -1.42. The van der Waals surface area contributed by atoms with Gasteiger partial charge in [-0.3, -0.25) is 0 Å². The smallest absolute Gasteiger partial charge is 0.164 e. The highest BCUT2D eigenvalue weighted by Gasteiger charge is 2.11. The van der Waals surface area contributed by atoms with E-state index in [1.807, 2.05) is 25.2 Å². The number of rotatable bonds is 1. The van der Waals surface area contributed by atoms with Crippen molar-refractivity contribution in [2.45, 2.75) is 13.3 Å². The van der Waals surface area contributed by atoms with Crippen molar-refractivity contribution in [2.24, 2.45) is 0 Å². The summed E-state index contributed by atoms with van der Waals surface area (Å²) in [6.07, 6.45) is 8.26. The standard InChI is InChI=1S/C10H9N3S/c1-7-11-6-12-10(13-7)8-4-2-3-5-9(8)14/h2-4,6H,5H2,1H3. The van der Waals surface area contributed by atoms with Crippen LogP contribution in [0, 0.1) is 6.92 Å². The van der Waals surface area contributed by atoms with Gasteiger partial charge in [-0.15, -0.1) is 0 Å². The van der Waals surface area contributed by atoms with Gasteiger partial charge in [0.2, 0.25) is 0 Å². The Morgan fingerprint density at radius 2 is 2.21 bits per heavy atom. The lowest BCUT2D eigenvalue weighted by Crippen LogP contribution is -2.06. The van der Waals surface area contributed by atoms with Crippen LogP contribution in [0.3, 0.4) is 0 Å². The molecule has 0 saturated carbocycles. The average Bonchev–Trinajstić information content (AvgIpc) is 2.18. The molecule has 70 valence electrons. The molecule has 0 bridgehead atoms. The zero-order chi connectivity index (χ0) is 9.97. The van der Waals surface area contributed by atoms with Gasteiger partial charge in [0.05, 0.1) is 0 Å². The first-order valence-corrected chi connectivity index (χ1v) is 4.74. The second kappa shape index (κ2) is 3.75. The molecule has 0 aliphatic heterocycles. The van der Waals surface area contributed by atoms with Gasteiger partial charge in [-0.1, -0.05) is 30.4 Å². The Morgan fingerprint density at radius 1 is 1.36 bits per heavy atom. The Kier molecular flexibility index (Phi) is 2.45. The van der Waals surface area contributed by atoms with Gasteiger partial charge < -0.3 is 0 Å². The Balaban J connectivity index is 2.44. The third-order valence-corrected chi connectivity index (χ3v) is 2.32. The highest BCUT2D eigenvalue weighted by molar-refractivity contribution is 7.81. The monoisotopic (exact) mass is 203 g/mol. The van der Waals surface area contributed by atoms with Crippen molar-refractivity contribution in [2.75, 3.05) is 0 Å². The third kappa shape index (κ3) is 1.75. The van der Waals surface area contributed by atoms with Crippen LogP contribution in [0.4, 0.5) is 0 Å². The molecule has 0 fully saturated rings. The molecule has 0 atom stereocenters. The van der Waals surface area contributed by atoms with Crippen molar-refractivity contribution in [3.63, 3.8) is 0 Å². The quantitative estimate of drug-likeness (QED) is 0.653. The number of hydrogen-bond acceptors (Lipinski definition) is 4. The Labute approximate surface area is 87.6 Å². The molecule has 1 aromatic heterocycles. The summed E-state index contributed by atoms with van der Waals surface area (Å²) in [6.45, 7) is 1.84. The maximum atomic E-state index is 5.23. The Bertz CT molecular complexity index is 435. The highest BCUT2D eigenvalue weighted by atomic mass is 32.1. The molecule has 0 N–H and O–H groups in total. The highest BCUT2D eigenvalue weighted by Crippen LogP contribution is 2.17. The number of allylic oxidation sites excluding steroid dienone is 4. The first kappa shape index (κ1) is 9.15. The second-order valence-corrected chi connectivity index (χ2v) is 3.48. The lowest BCUT2D eigenvalue weighted by atomic mass is 10.0. The van der Waals surface area contributed by atoms with E-state index < -0.39 is 0 Å². The van der Waals surface area contributed by atoms with Crippen molar-refractivity contribution in [3.05, 3.63) is 36.2 Å². The topological polar surface area (TPSA) is 38.7 Å². The second-order valence-electron chi connectivity index (χ2n) is 2.99. The summed E-state index contributed by atoms with van der Waals surface area (Å²) in [5.74, 6) is 1.39. The lowest BCUT2D eigenvalue weighted by molar-refractivity contribution is 0.954. The number of hydrogen-bond donors (Lipinski definition) is 0. The first-order chi connectivity index (χ1) is 6.77. The molecule has 0 saturated heterocycles. The van der Waals surface area contributed by atoms with Gasteiger partial charge in [0.15, 0.2) is 5.82 Å². The van der Waals surface area contributed by atoms with Crippen LogP contribution in [0.15, 0.2) is 24.6 Å². The molecule has 1 heterocycles. The van der Waals surface area contributed by atoms with Crippen molar-refractivity contribution >= 4 is 22.7 Å². The van der Waals surface area contributed by atoms with Crippen LogP contribution in [-0.4, -0.2) is 19.8 Å². The fourth-order valence-electron chi connectivity index (χ4n) is 1.25. The predicted octanol–water partition coefficient (Wildman–Crippen LogP) is 1.89. The van der Waals surface area contributed by atoms with Crippen LogP contribution in [0.25, 0.3) is 5.57 Å². The molecule has 14 heavy (non-hydrogen) atoms. The van der Waals surface area contributed by atoms with Crippen LogP contribution in [0.2, 0.25) is 0 Å². The zero-order valence-corrected chi connectivity index (χ0v) is 8.58. The van der Waals surface area contributed by atoms with Gasteiger partial charge in [-0.25, -0.2) is 15.0 Å². The average molecular weight is 203 g/mol. The van der Waals surface area contributed by atoms with E-state index in [1.165, 1.54) is 6.33 Å². The SMILES string of the molecule is Cc1ncnc(C2=CC=CCC2=S)n1. The predicted molar refractivity (Wildman–Crippen MR) is 58.9 cm³/mol. The molecule has 1 aliphatic carbocycles. The molecule has 0 aromatic carbocycles. The molecule has 3 nitrogen and oxygen atoms in total. The first-order valence-electron chi connectivity index (χ1n) is 4.33. The summed E-state index contributed by atoms with van der Waals surface area (Å²) in [5, 5.41) is 0. The number of aromatic nitrogens is 3. The number of aryl methyl sites for hydroxylation is 1. The van der Waals surface area contributed by atoms with Gasteiger partial charge in [-0.2, -0.15) is 0 Å². The van der Waals surface area contributed by atoms with Gasteiger partial charge in [-0.05, 0) is 6.92 Å². The molecule has 0 radical (unpaired) electrons. The normalized spacial score (nSPS) is 15.5. The summed E-state index contributed by atoms with van der Waals surface area (Å²) in [5.41, 5.74) is 0.938. The molecule has 2 rings (SSSR count). The van der Waals surface area contributed by atoms with Gasteiger partial charge in [0, 0.05) is 16.9 Å². The minimum atomic E-state index is 0.673. The molecule has 0 spiro atoms. The van der Waals surface area contributed by atoms with Crippen LogP contribution in [-0.2, 0) is 0 Å². The van der Waals surface area contributed by atoms with Gasteiger partial charge in [0.1, 0.15) is 12.2 Å². The van der Waals surface area contributed by atoms with Crippen molar-refractivity contribution in [1.29, 1.82) is 0 Å². The van der Waals surface area contributed by atoms with E-state index in [4.69, 9.17) is 12.2 Å². The fraction of sp³-hybridized carbons (Fsp3) is 0.200. The van der Waals surface area contributed by atoms with E-state index >= 15 is 0 Å². The van der Waals surface area contributed by atoms with E-state index in [0.29, 0.717) is 11.6 Å². The van der Waals surface area contributed by atoms with Crippen molar-refractivity contribution in [1.82, 2.24) is 15.0 Å². The molecule has 4 heteroatoms. The molecular formula is C10H9N3S. The van der Waals surface area contributed by atoms with Crippen molar-refractivity contribution < 1.29 is 0 Å². The van der Waals surface area contributed by atoms with Crippen LogP contribution < -0.4 is 0 Å². The number of thiocarbonyl (C=S) groups is 1. The number of nitrogens with zero attached hydrogens (tertiary/aromatic N) is 3. The summed E-state index contributed by atoms with van der Waals surface area (Å²) in [7, 11) is 0. The summed E-state index contributed by atoms with van der Waals surface area (Å²) >= 11 is 5.23. The van der Waals surface area contributed by atoms with Gasteiger partial charge in [0.25, 0.3) is 0 Å². The summed E-state index contributed by atoms with van der Waals surface area (Å²) in [4.78, 5) is 13.2.